The van der Waals surface area contributed by atoms with Gasteiger partial charge in [0.05, 0.1) is 19.8 Å². The first-order valence-electron chi connectivity index (χ1n) is 6.88. The maximum atomic E-state index is 11.7. The third-order valence-electron chi connectivity index (χ3n) is 2.82. The van der Waals surface area contributed by atoms with Crippen LogP contribution < -0.4 is 5.32 Å². The molecular weight excluding hydrogens is 264 g/mol. The Morgan fingerprint density at radius 2 is 1.90 bits per heavy atom. The molecule has 0 spiro atoms. The number of nitrogens with zero attached hydrogens (tertiary/aromatic N) is 1. The van der Waals surface area contributed by atoms with Gasteiger partial charge in [0.15, 0.2) is 0 Å². The SMILES string of the molecule is CCCOCCOCCNC(=O)N1C(=O)CC(C)C1=O. The van der Waals surface area contributed by atoms with Crippen LogP contribution in [-0.2, 0) is 19.1 Å². The van der Waals surface area contributed by atoms with E-state index in [-0.39, 0.29) is 13.0 Å². The molecule has 1 aliphatic heterocycles. The summed E-state index contributed by atoms with van der Waals surface area (Å²) in [5.74, 6) is -1.31. The van der Waals surface area contributed by atoms with Crippen molar-refractivity contribution in [3.63, 3.8) is 0 Å². The van der Waals surface area contributed by atoms with E-state index in [9.17, 15) is 14.4 Å². The molecule has 1 aliphatic rings. The third kappa shape index (κ3) is 4.90. The number of amides is 4. The molecule has 1 atom stereocenters. The van der Waals surface area contributed by atoms with Crippen molar-refractivity contribution in [3.8, 4) is 0 Å². The van der Waals surface area contributed by atoms with Crippen LogP contribution in [0.15, 0.2) is 0 Å². The van der Waals surface area contributed by atoms with Gasteiger partial charge in [0.25, 0.3) is 0 Å². The Bertz CT molecular complexity index is 359. The number of ether oxygens (including phenoxy) is 2. The van der Waals surface area contributed by atoms with E-state index in [0.717, 1.165) is 6.42 Å². The fraction of sp³-hybridized carbons (Fsp3) is 0.769. The lowest BCUT2D eigenvalue weighted by Crippen LogP contribution is -2.44. The minimum absolute atomic E-state index is 0.0948. The van der Waals surface area contributed by atoms with Crippen LogP contribution in [0.1, 0.15) is 26.7 Å². The molecule has 1 saturated heterocycles. The third-order valence-corrected chi connectivity index (χ3v) is 2.82. The average Bonchev–Trinajstić information content (AvgIpc) is 2.66. The van der Waals surface area contributed by atoms with Crippen molar-refractivity contribution in [2.45, 2.75) is 26.7 Å². The summed E-state index contributed by atoms with van der Waals surface area (Å²) in [6.45, 7) is 5.89. The zero-order chi connectivity index (χ0) is 15.0. The van der Waals surface area contributed by atoms with E-state index in [1.807, 2.05) is 6.92 Å². The lowest BCUT2D eigenvalue weighted by molar-refractivity contribution is -0.135. The molecule has 7 nitrogen and oxygen atoms in total. The van der Waals surface area contributed by atoms with E-state index in [1.54, 1.807) is 6.92 Å². The lowest BCUT2D eigenvalue weighted by atomic mass is 10.1. The Balaban J connectivity index is 2.12. The van der Waals surface area contributed by atoms with E-state index in [4.69, 9.17) is 9.47 Å². The van der Waals surface area contributed by atoms with Crippen LogP contribution in [0.2, 0.25) is 0 Å². The normalized spacial score (nSPS) is 18.7. The number of rotatable bonds is 8. The first-order chi connectivity index (χ1) is 9.57. The zero-order valence-electron chi connectivity index (χ0n) is 12.0. The molecule has 4 amide bonds. The van der Waals surface area contributed by atoms with Gasteiger partial charge < -0.3 is 14.8 Å². The zero-order valence-corrected chi connectivity index (χ0v) is 12.0. The molecule has 0 radical (unpaired) electrons. The van der Waals surface area contributed by atoms with Crippen molar-refractivity contribution in [3.05, 3.63) is 0 Å². The molecule has 1 N–H and O–H groups in total. The Kier molecular flexibility index (Phi) is 7.17. The summed E-state index contributed by atoms with van der Waals surface area (Å²) in [6, 6.07) is -0.671. The average molecular weight is 286 g/mol. The Hall–Kier alpha value is -1.47. The molecule has 0 aromatic heterocycles. The molecule has 1 rings (SSSR count). The highest BCUT2D eigenvalue weighted by atomic mass is 16.5. The fourth-order valence-electron chi connectivity index (χ4n) is 1.77. The smallest absolute Gasteiger partial charge is 0.331 e. The number of likely N-dealkylation sites (tertiary alicyclic amines) is 1. The van der Waals surface area contributed by atoms with Gasteiger partial charge in [-0.15, -0.1) is 0 Å². The summed E-state index contributed by atoms with van der Waals surface area (Å²) < 4.78 is 10.5. The maximum absolute atomic E-state index is 11.7. The van der Waals surface area contributed by atoms with Crippen molar-refractivity contribution in [1.29, 1.82) is 0 Å². The Morgan fingerprint density at radius 1 is 1.25 bits per heavy atom. The van der Waals surface area contributed by atoms with Gasteiger partial charge in [0.2, 0.25) is 11.8 Å². The lowest BCUT2D eigenvalue weighted by Gasteiger charge is -2.13. The molecule has 0 aromatic rings. The number of imide groups is 3. The van der Waals surface area contributed by atoms with Crippen molar-refractivity contribution in [2.75, 3.05) is 33.0 Å². The van der Waals surface area contributed by atoms with E-state index < -0.39 is 23.8 Å². The van der Waals surface area contributed by atoms with Gasteiger partial charge in [0, 0.05) is 25.5 Å². The number of nitrogens with one attached hydrogen (secondary N) is 1. The summed E-state index contributed by atoms with van der Waals surface area (Å²) in [5, 5.41) is 2.49. The second-order valence-electron chi connectivity index (χ2n) is 4.63. The van der Waals surface area contributed by atoms with Crippen LogP contribution in [0, 0.1) is 5.92 Å². The first kappa shape index (κ1) is 16.6. The first-order valence-corrected chi connectivity index (χ1v) is 6.88. The van der Waals surface area contributed by atoms with Gasteiger partial charge in [-0.1, -0.05) is 13.8 Å². The van der Waals surface area contributed by atoms with Crippen LogP contribution in [0.3, 0.4) is 0 Å². The van der Waals surface area contributed by atoms with Gasteiger partial charge >= 0.3 is 6.03 Å². The number of urea groups is 1. The number of hydrogen-bond donors (Lipinski definition) is 1. The van der Waals surface area contributed by atoms with Gasteiger partial charge in [-0.05, 0) is 6.42 Å². The standard InChI is InChI=1S/C13H22N2O5/c1-3-5-19-7-8-20-6-4-14-13(18)15-11(16)9-10(2)12(15)17/h10H,3-9H2,1-2H3,(H,14,18). The second kappa shape index (κ2) is 8.65. The van der Waals surface area contributed by atoms with Crippen LogP contribution >= 0.6 is 0 Å². The van der Waals surface area contributed by atoms with Gasteiger partial charge in [-0.25, -0.2) is 9.69 Å². The number of carbonyl (C=O) groups excluding carboxylic acids is 3. The minimum atomic E-state index is -0.671. The molecular formula is C13H22N2O5. The highest BCUT2D eigenvalue weighted by Gasteiger charge is 2.39. The molecule has 0 aromatic carbocycles. The molecule has 0 saturated carbocycles. The Morgan fingerprint density at radius 3 is 2.45 bits per heavy atom. The molecule has 1 fully saturated rings. The molecule has 1 unspecified atom stereocenters. The highest BCUT2D eigenvalue weighted by Crippen LogP contribution is 2.18. The molecule has 7 heteroatoms. The van der Waals surface area contributed by atoms with Crippen molar-refractivity contribution in [2.24, 2.45) is 5.92 Å². The highest BCUT2D eigenvalue weighted by molar-refractivity contribution is 6.15. The summed E-state index contributed by atoms with van der Waals surface area (Å²) in [4.78, 5) is 35.4. The van der Waals surface area contributed by atoms with E-state index in [2.05, 4.69) is 5.32 Å². The molecule has 0 bridgehead atoms. The molecule has 1 heterocycles. The van der Waals surface area contributed by atoms with Crippen LogP contribution in [0.25, 0.3) is 0 Å². The predicted molar refractivity (Wildman–Crippen MR) is 71.0 cm³/mol. The van der Waals surface area contributed by atoms with Crippen molar-refractivity contribution >= 4 is 17.8 Å². The number of carbonyl (C=O) groups is 3. The summed E-state index contributed by atoms with van der Waals surface area (Å²) in [5.41, 5.74) is 0. The second-order valence-corrected chi connectivity index (χ2v) is 4.63. The van der Waals surface area contributed by atoms with E-state index in [0.29, 0.717) is 31.3 Å². The van der Waals surface area contributed by atoms with Crippen LogP contribution in [-0.4, -0.2) is 55.7 Å². The summed E-state index contributed by atoms with van der Waals surface area (Å²) >= 11 is 0. The monoisotopic (exact) mass is 286 g/mol. The van der Waals surface area contributed by atoms with Gasteiger partial charge in [-0.2, -0.15) is 0 Å². The summed E-state index contributed by atoms with van der Waals surface area (Å²) in [7, 11) is 0. The topological polar surface area (TPSA) is 84.9 Å². The van der Waals surface area contributed by atoms with E-state index in [1.165, 1.54) is 0 Å². The maximum Gasteiger partial charge on any atom is 0.331 e. The molecule has 0 aliphatic carbocycles. The van der Waals surface area contributed by atoms with Crippen molar-refractivity contribution in [1.82, 2.24) is 10.2 Å². The largest absolute Gasteiger partial charge is 0.379 e. The van der Waals surface area contributed by atoms with Crippen LogP contribution in [0.4, 0.5) is 4.79 Å². The van der Waals surface area contributed by atoms with E-state index >= 15 is 0 Å². The van der Waals surface area contributed by atoms with Crippen LogP contribution in [0.5, 0.6) is 0 Å². The number of hydrogen-bond acceptors (Lipinski definition) is 5. The van der Waals surface area contributed by atoms with Gasteiger partial charge in [0.1, 0.15) is 0 Å². The molecule has 20 heavy (non-hydrogen) atoms. The quantitative estimate of drug-likeness (QED) is 0.520. The Labute approximate surface area is 118 Å². The molecule has 114 valence electrons. The minimum Gasteiger partial charge on any atom is -0.379 e. The van der Waals surface area contributed by atoms with Gasteiger partial charge in [-0.3, -0.25) is 9.59 Å². The summed E-state index contributed by atoms with van der Waals surface area (Å²) in [6.07, 6.45) is 1.06. The van der Waals surface area contributed by atoms with Crippen molar-refractivity contribution < 1.29 is 23.9 Å². The predicted octanol–water partition coefficient (Wildman–Crippen LogP) is 0.534. The fourth-order valence-corrected chi connectivity index (χ4v) is 1.77.